The SMILES string of the molecule is CCN(CC)CCCNc1nc(CCC(=O)O)cs1. The van der Waals surface area contributed by atoms with Gasteiger partial charge in [0.25, 0.3) is 0 Å². The van der Waals surface area contributed by atoms with Crippen LogP contribution in [-0.2, 0) is 11.2 Å². The molecule has 0 aliphatic rings. The van der Waals surface area contributed by atoms with Crippen LogP contribution in [0.4, 0.5) is 5.13 Å². The molecule has 2 N–H and O–H groups in total. The molecule has 0 saturated heterocycles. The molecule has 0 amide bonds. The Morgan fingerprint density at radius 3 is 2.84 bits per heavy atom. The van der Waals surface area contributed by atoms with E-state index < -0.39 is 5.97 Å². The Hall–Kier alpha value is -1.14. The Balaban J connectivity index is 2.21. The first kappa shape index (κ1) is 15.9. The number of nitrogens with one attached hydrogen (secondary N) is 1. The number of carboxylic acids is 1. The summed E-state index contributed by atoms with van der Waals surface area (Å²) in [7, 11) is 0. The van der Waals surface area contributed by atoms with E-state index in [9.17, 15) is 4.79 Å². The van der Waals surface area contributed by atoms with E-state index >= 15 is 0 Å². The van der Waals surface area contributed by atoms with Crippen LogP contribution >= 0.6 is 11.3 Å². The Morgan fingerprint density at radius 1 is 1.47 bits per heavy atom. The van der Waals surface area contributed by atoms with E-state index in [2.05, 4.69) is 29.0 Å². The minimum absolute atomic E-state index is 0.144. The van der Waals surface area contributed by atoms with Gasteiger partial charge in [0.2, 0.25) is 0 Å². The zero-order valence-electron chi connectivity index (χ0n) is 11.7. The average molecular weight is 285 g/mol. The highest BCUT2D eigenvalue weighted by molar-refractivity contribution is 7.13. The van der Waals surface area contributed by atoms with Gasteiger partial charge in [-0.05, 0) is 26.1 Å². The molecule has 5 nitrogen and oxygen atoms in total. The lowest BCUT2D eigenvalue weighted by Gasteiger charge is -2.17. The van der Waals surface area contributed by atoms with E-state index in [1.54, 1.807) is 11.3 Å². The largest absolute Gasteiger partial charge is 0.481 e. The van der Waals surface area contributed by atoms with Gasteiger partial charge in [0.1, 0.15) is 0 Å². The predicted octanol–water partition coefficient (Wildman–Crippen LogP) is 2.30. The fourth-order valence-electron chi connectivity index (χ4n) is 1.78. The number of nitrogens with zero attached hydrogens (tertiary/aromatic N) is 2. The standard InChI is InChI=1S/C13H23N3O2S/c1-3-16(4-2)9-5-8-14-13-15-11(10-19-13)6-7-12(17)18/h10H,3-9H2,1-2H3,(H,14,15)(H,17,18). The van der Waals surface area contributed by atoms with Gasteiger partial charge in [0, 0.05) is 18.3 Å². The second-order valence-electron chi connectivity index (χ2n) is 4.34. The fourth-order valence-corrected chi connectivity index (χ4v) is 2.55. The molecule has 0 bridgehead atoms. The van der Waals surface area contributed by atoms with Gasteiger partial charge >= 0.3 is 5.97 Å². The van der Waals surface area contributed by atoms with E-state index in [4.69, 9.17) is 5.11 Å². The maximum absolute atomic E-state index is 10.5. The van der Waals surface area contributed by atoms with E-state index in [1.165, 1.54) is 0 Å². The number of anilines is 1. The smallest absolute Gasteiger partial charge is 0.303 e. The molecule has 1 rings (SSSR count). The molecule has 0 spiro atoms. The first-order valence-corrected chi connectivity index (χ1v) is 7.66. The number of aliphatic carboxylic acids is 1. The van der Waals surface area contributed by atoms with E-state index in [1.807, 2.05) is 5.38 Å². The zero-order valence-corrected chi connectivity index (χ0v) is 12.5. The van der Waals surface area contributed by atoms with Gasteiger partial charge in [0.15, 0.2) is 5.13 Å². The molecule has 1 aromatic rings. The summed E-state index contributed by atoms with van der Waals surface area (Å²) in [6.07, 6.45) is 1.74. The quantitative estimate of drug-likeness (QED) is 0.646. The van der Waals surface area contributed by atoms with Crippen molar-refractivity contribution in [2.45, 2.75) is 33.1 Å². The molecule has 1 aromatic heterocycles. The van der Waals surface area contributed by atoms with Crippen molar-refractivity contribution in [3.05, 3.63) is 11.1 Å². The predicted molar refractivity (Wildman–Crippen MR) is 79.0 cm³/mol. The summed E-state index contributed by atoms with van der Waals surface area (Å²) in [4.78, 5) is 17.2. The lowest BCUT2D eigenvalue weighted by molar-refractivity contribution is -0.136. The van der Waals surface area contributed by atoms with Gasteiger partial charge < -0.3 is 15.3 Å². The van der Waals surface area contributed by atoms with Crippen molar-refractivity contribution in [2.24, 2.45) is 0 Å². The minimum atomic E-state index is -0.776. The summed E-state index contributed by atoms with van der Waals surface area (Å²) in [5.41, 5.74) is 0.860. The molecule has 0 saturated carbocycles. The van der Waals surface area contributed by atoms with Crippen LogP contribution in [-0.4, -0.2) is 47.1 Å². The van der Waals surface area contributed by atoms with Crippen LogP contribution in [0.25, 0.3) is 0 Å². The van der Waals surface area contributed by atoms with Crippen LogP contribution < -0.4 is 5.32 Å². The number of rotatable bonds is 10. The molecule has 0 aliphatic carbocycles. The molecule has 0 aromatic carbocycles. The molecule has 0 fully saturated rings. The van der Waals surface area contributed by atoms with Crippen LogP contribution in [0.15, 0.2) is 5.38 Å². The minimum Gasteiger partial charge on any atom is -0.481 e. The third kappa shape index (κ3) is 6.54. The van der Waals surface area contributed by atoms with Crippen molar-refractivity contribution in [3.8, 4) is 0 Å². The molecular weight excluding hydrogens is 262 g/mol. The van der Waals surface area contributed by atoms with Crippen molar-refractivity contribution in [1.82, 2.24) is 9.88 Å². The van der Waals surface area contributed by atoms with E-state index in [0.717, 1.165) is 43.4 Å². The van der Waals surface area contributed by atoms with Crippen molar-refractivity contribution >= 4 is 22.4 Å². The molecular formula is C13H23N3O2S. The third-order valence-electron chi connectivity index (χ3n) is 2.97. The number of carboxylic acid groups (broad SMARTS) is 1. The van der Waals surface area contributed by atoms with Gasteiger partial charge in [-0.15, -0.1) is 11.3 Å². The van der Waals surface area contributed by atoms with Crippen LogP contribution in [0.1, 0.15) is 32.4 Å². The fraction of sp³-hybridized carbons (Fsp3) is 0.692. The maximum atomic E-state index is 10.5. The number of carbonyl (C=O) groups is 1. The topological polar surface area (TPSA) is 65.5 Å². The van der Waals surface area contributed by atoms with Crippen molar-refractivity contribution in [3.63, 3.8) is 0 Å². The molecule has 0 aliphatic heterocycles. The number of aryl methyl sites for hydroxylation is 1. The molecule has 108 valence electrons. The summed E-state index contributed by atoms with van der Waals surface area (Å²) >= 11 is 1.54. The Morgan fingerprint density at radius 2 is 2.21 bits per heavy atom. The van der Waals surface area contributed by atoms with Crippen LogP contribution in [0.3, 0.4) is 0 Å². The van der Waals surface area contributed by atoms with Gasteiger partial charge in [0.05, 0.1) is 12.1 Å². The second kappa shape index (κ2) is 8.87. The first-order valence-electron chi connectivity index (χ1n) is 6.78. The normalized spacial score (nSPS) is 10.9. The summed E-state index contributed by atoms with van der Waals surface area (Å²) in [6, 6.07) is 0. The first-order chi connectivity index (χ1) is 9.15. The summed E-state index contributed by atoms with van der Waals surface area (Å²) < 4.78 is 0. The van der Waals surface area contributed by atoms with Crippen molar-refractivity contribution in [2.75, 3.05) is 31.5 Å². The highest BCUT2D eigenvalue weighted by atomic mass is 32.1. The van der Waals surface area contributed by atoms with Crippen molar-refractivity contribution in [1.29, 1.82) is 0 Å². The summed E-state index contributed by atoms with van der Waals surface area (Å²) in [5.74, 6) is -0.776. The van der Waals surface area contributed by atoms with Gasteiger partial charge in [-0.3, -0.25) is 4.79 Å². The number of aromatic nitrogens is 1. The Labute approximate surface area is 118 Å². The van der Waals surface area contributed by atoms with Gasteiger partial charge in [-0.1, -0.05) is 13.8 Å². The Bertz CT molecular complexity index is 378. The molecule has 1 heterocycles. The number of hydrogen-bond donors (Lipinski definition) is 2. The number of hydrogen-bond acceptors (Lipinski definition) is 5. The maximum Gasteiger partial charge on any atom is 0.303 e. The van der Waals surface area contributed by atoms with Crippen molar-refractivity contribution < 1.29 is 9.90 Å². The van der Waals surface area contributed by atoms with E-state index in [-0.39, 0.29) is 6.42 Å². The highest BCUT2D eigenvalue weighted by Gasteiger charge is 2.04. The summed E-state index contributed by atoms with van der Waals surface area (Å²) in [5, 5.41) is 14.7. The number of thiazole rings is 1. The molecule has 6 heteroatoms. The highest BCUT2D eigenvalue weighted by Crippen LogP contribution is 2.16. The van der Waals surface area contributed by atoms with Gasteiger partial charge in [-0.2, -0.15) is 0 Å². The van der Waals surface area contributed by atoms with Crippen LogP contribution in [0.5, 0.6) is 0 Å². The summed E-state index contributed by atoms with van der Waals surface area (Å²) in [6.45, 7) is 8.53. The van der Waals surface area contributed by atoms with Crippen LogP contribution in [0.2, 0.25) is 0 Å². The monoisotopic (exact) mass is 285 g/mol. The molecule has 19 heavy (non-hydrogen) atoms. The van der Waals surface area contributed by atoms with Gasteiger partial charge in [-0.25, -0.2) is 4.98 Å². The lowest BCUT2D eigenvalue weighted by Crippen LogP contribution is -2.25. The molecule has 0 unspecified atom stereocenters. The molecule has 0 radical (unpaired) electrons. The average Bonchev–Trinajstić information content (AvgIpc) is 2.84. The Kier molecular flexibility index (Phi) is 7.43. The van der Waals surface area contributed by atoms with E-state index in [0.29, 0.717) is 6.42 Å². The lowest BCUT2D eigenvalue weighted by atomic mass is 10.2. The molecule has 0 atom stereocenters. The second-order valence-corrected chi connectivity index (χ2v) is 5.20. The zero-order chi connectivity index (χ0) is 14.1. The van der Waals surface area contributed by atoms with Crippen LogP contribution in [0, 0.1) is 0 Å². The third-order valence-corrected chi connectivity index (χ3v) is 3.82.